The van der Waals surface area contributed by atoms with Crippen LogP contribution in [0.2, 0.25) is 0 Å². The van der Waals surface area contributed by atoms with Crippen molar-refractivity contribution < 1.29 is 28.2 Å². The zero-order valence-electron chi connectivity index (χ0n) is 4.13. The molecule has 0 unspecified atom stereocenters. The zero-order chi connectivity index (χ0) is 8.69. The third kappa shape index (κ3) is 2.46. The molecule has 64 valence electrons. The van der Waals surface area contributed by atoms with Gasteiger partial charge in [-0.05, 0) is 0 Å². The van der Waals surface area contributed by atoms with Gasteiger partial charge >= 0.3 is 10.2 Å². The maximum absolute atomic E-state index is 11.1. The first-order chi connectivity index (χ1) is 3.97. The number of halogens is 7. The van der Waals surface area contributed by atoms with E-state index in [1.165, 1.54) is 0 Å². The van der Waals surface area contributed by atoms with E-state index in [0.717, 1.165) is 0 Å². The van der Waals surface area contributed by atoms with E-state index in [4.69, 9.17) is 0 Å². The van der Waals surface area contributed by atoms with Gasteiger partial charge in [0.1, 0.15) is 6.33 Å². The van der Waals surface area contributed by atoms with Crippen molar-refractivity contribution in [1.82, 2.24) is 0 Å². The second-order valence-corrected chi connectivity index (χ2v) is 3.71. The Hall–Kier alpha value is -0.400. The standard InChI is InChI=1S/C2HF7S/c3-1-2(4)10(5,6,7,8)9/h1H/b2-1-. The highest BCUT2D eigenvalue weighted by Gasteiger charge is 2.69. The summed E-state index contributed by atoms with van der Waals surface area (Å²) in [6.45, 7) is 0. The molecule has 0 aromatic rings. The van der Waals surface area contributed by atoms with Crippen molar-refractivity contribution in [3.63, 3.8) is 0 Å². The molecule has 0 rings (SSSR count). The first kappa shape index (κ1) is 9.60. The fourth-order valence-electron chi connectivity index (χ4n) is 0.0842. The lowest BCUT2D eigenvalue weighted by molar-refractivity contribution is 0.354. The second-order valence-electron chi connectivity index (χ2n) is 1.38. The van der Waals surface area contributed by atoms with E-state index >= 15 is 0 Å². The van der Waals surface area contributed by atoms with Crippen LogP contribution >= 0.6 is 10.2 Å². The fraction of sp³-hybridized carbons (Fsp3) is 0. The SMILES string of the molecule is F/C=C(/F)S(F)(F)(F)(F)F. The van der Waals surface area contributed by atoms with E-state index in [0.29, 0.717) is 0 Å². The summed E-state index contributed by atoms with van der Waals surface area (Å²) in [6.07, 6.45) is -1.80. The van der Waals surface area contributed by atoms with Gasteiger partial charge in [0, 0.05) is 0 Å². The maximum Gasteiger partial charge on any atom is 0.337 e. The molecule has 0 aromatic carbocycles. The molecule has 0 saturated carbocycles. The van der Waals surface area contributed by atoms with Crippen molar-refractivity contribution >= 4 is 10.2 Å². The minimum atomic E-state index is -10.3. The lowest BCUT2D eigenvalue weighted by Crippen LogP contribution is -2.04. The van der Waals surface area contributed by atoms with Crippen molar-refractivity contribution in [2.75, 3.05) is 0 Å². The van der Waals surface area contributed by atoms with Crippen molar-refractivity contribution in [1.29, 1.82) is 0 Å². The smallest absolute Gasteiger partial charge is 0.211 e. The first-order valence-electron chi connectivity index (χ1n) is 1.67. The Bertz CT molecular complexity index is 169. The van der Waals surface area contributed by atoms with Gasteiger partial charge in [-0.2, -0.15) is 4.39 Å². The molecule has 0 spiro atoms. The zero-order valence-corrected chi connectivity index (χ0v) is 4.95. The van der Waals surface area contributed by atoms with Gasteiger partial charge < -0.3 is 0 Å². The molecule has 0 bridgehead atoms. The summed E-state index contributed by atoms with van der Waals surface area (Å²) in [4.78, 5) is 0. The van der Waals surface area contributed by atoms with Crippen LogP contribution in [0.25, 0.3) is 0 Å². The van der Waals surface area contributed by atoms with Crippen molar-refractivity contribution in [2.24, 2.45) is 0 Å². The van der Waals surface area contributed by atoms with Crippen LogP contribution < -0.4 is 0 Å². The number of rotatable bonds is 1. The van der Waals surface area contributed by atoms with Gasteiger partial charge in [-0.3, -0.25) is 0 Å². The summed E-state index contributed by atoms with van der Waals surface area (Å²) >= 11 is 0. The molecule has 8 heteroatoms. The van der Waals surface area contributed by atoms with Gasteiger partial charge in [0.15, 0.2) is 0 Å². The minimum absolute atomic E-state index is 1.80. The lowest BCUT2D eigenvalue weighted by atomic mass is 11.2. The Kier molecular flexibility index (Phi) is 1.38. The summed E-state index contributed by atoms with van der Waals surface area (Å²) < 4.78 is 76.4. The van der Waals surface area contributed by atoms with E-state index in [-0.39, 0.29) is 0 Å². The monoisotopic (exact) mass is 190 g/mol. The molecule has 0 aliphatic rings. The Morgan fingerprint density at radius 2 is 1.30 bits per heavy atom. The minimum Gasteiger partial charge on any atom is -0.211 e. The molecule has 0 saturated heterocycles. The van der Waals surface area contributed by atoms with Crippen LogP contribution in [-0.2, 0) is 0 Å². The third-order valence-electron chi connectivity index (χ3n) is 0.454. The molecule has 0 amide bonds. The summed E-state index contributed by atoms with van der Waals surface area (Å²) in [5.74, 6) is 0. The van der Waals surface area contributed by atoms with Gasteiger partial charge in [-0.15, -0.1) is 0 Å². The topological polar surface area (TPSA) is 0 Å². The number of hydrogen-bond donors (Lipinski definition) is 0. The molecule has 0 N–H and O–H groups in total. The van der Waals surface area contributed by atoms with Crippen LogP contribution in [0.3, 0.4) is 0 Å². The first-order valence-corrected chi connectivity index (χ1v) is 3.62. The fourth-order valence-corrected chi connectivity index (χ4v) is 0.253. The molecule has 0 aliphatic heterocycles. The summed E-state index contributed by atoms with van der Waals surface area (Å²) in [7, 11) is -10.3. The van der Waals surface area contributed by atoms with Crippen LogP contribution in [0.1, 0.15) is 0 Å². The summed E-state index contributed by atoms with van der Waals surface area (Å²) in [5, 5.41) is -3.96. The average Bonchev–Trinajstić information content (AvgIpc) is 1.57. The van der Waals surface area contributed by atoms with Gasteiger partial charge in [-0.1, -0.05) is 19.4 Å². The van der Waals surface area contributed by atoms with E-state index < -0.39 is 21.7 Å². The summed E-state index contributed by atoms with van der Waals surface area (Å²) in [6, 6.07) is 0. The van der Waals surface area contributed by atoms with E-state index in [1.54, 1.807) is 0 Å². The quantitative estimate of drug-likeness (QED) is 0.547. The maximum atomic E-state index is 11.1. The molecule has 10 heavy (non-hydrogen) atoms. The normalized spacial score (nSPS) is 21.7. The van der Waals surface area contributed by atoms with Crippen molar-refractivity contribution in [3.05, 3.63) is 11.5 Å². The average molecular weight is 190 g/mol. The molecule has 0 aromatic heterocycles. The molecule has 0 aliphatic carbocycles. The van der Waals surface area contributed by atoms with Gasteiger partial charge in [0.05, 0.1) is 0 Å². The van der Waals surface area contributed by atoms with E-state index in [2.05, 4.69) is 0 Å². The van der Waals surface area contributed by atoms with Gasteiger partial charge in [-0.25, -0.2) is 4.39 Å². The largest absolute Gasteiger partial charge is 0.337 e. The molecule has 0 heterocycles. The Morgan fingerprint density at radius 3 is 1.30 bits per heavy atom. The Labute approximate surface area is 51.0 Å². The molecule has 0 nitrogen and oxygen atoms in total. The number of hydrogen-bond acceptors (Lipinski definition) is 0. The Morgan fingerprint density at radius 1 is 1.00 bits per heavy atom. The lowest BCUT2D eigenvalue weighted by Gasteiger charge is -2.37. The van der Waals surface area contributed by atoms with Gasteiger partial charge in [0.25, 0.3) is 5.16 Å². The van der Waals surface area contributed by atoms with Crippen molar-refractivity contribution in [2.45, 2.75) is 0 Å². The highest BCUT2D eigenvalue weighted by atomic mass is 32.5. The second kappa shape index (κ2) is 1.44. The van der Waals surface area contributed by atoms with Crippen LogP contribution in [-0.4, -0.2) is 0 Å². The van der Waals surface area contributed by atoms with Crippen LogP contribution in [0.4, 0.5) is 28.2 Å². The van der Waals surface area contributed by atoms with E-state index in [1.807, 2.05) is 0 Å². The third-order valence-corrected chi connectivity index (χ3v) is 1.28. The highest BCUT2D eigenvalue weighted by Crippen LogP contribution is 3.02. The predicted octanol–water partition coefficient (Wildman–Crippen LogP) is 4.02. The highest BCUT2D eigenvalue weighted by molar-refractivity contribution is 8.48. The Balaban J connectivity index is 5.13. The predicted molar refractivity (Wildman–Crippen MR) is 23.4 cm³/mol. The summed E-state index contributed by atoms with van der Waals surface area (Å²) in [5.41, 5.74) is 0. The van der Waals surface area contributed by atoms with Gasteiger partial charge in [0.2, 0.25) is 0 Å². The van der Waals surface area contributed by atoms with Crippen LogP contribution in [0.15, 0.2) is 11.5 Å². The molecule has 0 atom stereocenters. The van der Waals surface area contributed by atoms with Crippen LogP contribution in [0.5, 0.6) is 0 Å². The molecular formula is C2HF7S. The van der Waals surface area contributed by atoms with E-state index in [9.17, 15) is 28.2 Å². The van der Waals surface area contributed by atoms with Crippen LogP contribution in [0, 0.1) is 0 Å². The molecule has 0 radical (unpaired) electrons. The molecule has 0 fully saturated rings. The molecular weight excluding hydrogens is 189 g/mol. The van der Waals surface area contributed by atoms with Crippen molar-refractivity contribution in [3.8, 4) is 0 Å².